The Bertz CT molecular complexity index is 933. The number of amides is 1. The van der Waals surface area contributed by atoms with E-state index in [0.29, 0.717) is 17.6 Å². The van der Waals surface area contributed by atoms with Gasteiger partial charge in [0, 0.05) is 67.3 Å². The van der Waals surface area contributed by atoms with Crippen molar-refractivity contribution in [3.8, 4) is 22.5 Å². The van der Waals surface area contributed by atoms with Crippen LogP contribution in [0.15, 0.2) is 49.2 Å². The quantitative estimate of drug-likeness (QED) is 0.715. The Morgan fingerprint density at radius 3 is 2.63 bits per heavy atom. The second kappa shape index (κ2) is 7.31. The third-order valence-electron chi connectivity index (χ3n) is 5.19. The van der Waals surface area contributed by atoms with Gasteiger partial charge in [-0.3, -0.25) is 9.78 Å². The molecule has 0 N–H and O–H groups in total. The number of nitrogens with zero attached hydrogens (tertiary/aromatic N) is 5. The Morgan fingerprint density at radius 1 is 1.11 bits per heavy atom. The summed E-state index contributed by atoms with van der Waals surface area (Å²) in [6.45, 7) is 2.97. The predicted molar refractivity (Wildman–Crippen MR) is 104 cm³/mol. The van der Waals surface area contributed by atoms with Crippen molar-refractivity contribution in [3.05, 3.63) is 54.9 Å². The lowest BCUT2D eigenvalue weighted by molar-refractivity contribution is 0.0626. The van der Waals surface area contributed by atoms with Crippen LogP contribution in [0.3, 0.4) is 0 Å². The van der Waals surface area contributed by atoms with Crippen LogP contribution in [0, 0.1) is 0 Å². The van der Waals surface area contributed by atoms with E-state index in [2.05, 4.69) is 21.9 Å². The monoisotopic (exact) mass is 361 g/mol. The molecule has 0 aliphatic carbocycles. The van der Waals surface area contributed by atoms with E-state index in [1.165, 1.54) is 6.42 Å². The molecule has 1 fully saturated rings. The van der Waals surface area contributed by atoms with Gasteiger partial charge in [-0.25, -0.2) is 9.97 Å². The Labute approximate surface area is 158 Å². The molecule has 1 saturated heterocycles. The topological polar surface area (TPSA) is 63.9 Å². The second-order valence-electron chi connectivity index (χ2n) is 7.11. The molecule has 6 nitrogen and oxygen atoms in total. The van der Waals surface area contributed by atoms with Gasteiger partial charge < -0.3 is 9.47 Å². The SMILES string of the molecule is C[C@@H]1CCCCN1C(=O)c1cc(-c2cnc(-c3cccnc3)nc2)cn1C. The number of aryl methyl sites for hydroxylation is 1. The second-order valence-corrected chi connectivity index (χ2v) is 7.11. The lowest BCUT2D eigenvalue weighted by Crippen LogP contribution is -2.42. The molecule has 0 unspecified atom stereocenters. The zero-order chi connectivity index (χ0) is 18.8. The average Bonchev–Trinajstić information content (AvgIpc) is 3.10. The molecule has 0 spiro atoms. The van der Waals surface area contributed by atoms with Crippen molar-refractivity contribution in [1.29, 1.82) is 0 Å². The smallest absolute Gasteiger partial charge is 0.270 e. The van der Waals surface area contributed by atoms with Gasteiger partial charge in [0.25, 0.3) is 5.91 Å². The first kappa shape index (κ1) is 17.4. The van der Waals surface area contributed by atoms with Crippen LogP contribution in [0.4, 0.5) is 0 Å². The number of aromatic nitrogens is 4. The third kappa shape index (κ3) is 3.47. The van der Waals surface area contributed by atoms with Crippen molar-refractivity contribution in [2.75, 3.05) is 6.54 Å². The molecule has 3 aromatic rings. The van der Waals surface area contributed by atoms with Gasteiger partial charge in [0.2, 0.25) is 0 Å². The lowest BCUT2D eigenvalue weighted by atomic mass is 10.0. The van der Waals surface area contributed by atoms with E-state index in [4.69, 9.17) is 0 Å². The first-order chi connectivity index (χ1) is 13.1. The van der Waals surface area contributed by atoms with E-state index in [1.807, 2.05) is 40.9 Å². The van der Waals surface area contributed by atoms with Gasteiger partial charge in [0.1, 0.15) is 5.69 Å². The van der Waals surface area contributed by atoms with Gasteiger partial charge in [-0.05, 0) is 44.4 Å². The van der Waals surface area contributed by atoms with Crippen molar-refractivity contribution < 1.29 is 4.79 Å². The molecule has 0 bridgehead atoms. The van der Waals surface area contributed by atoms with Gasteiger partial charge >= 0.3 is 0 Å². The zero-order valence-electron chi connectivity index (χ0n) is 15.7. The molecule has 1 aliphatic heterocycles. The van der Waals surface area contributed by atoms with Crippen LogP contribution in [0.2, 0.25) is 0 Å². The van der Waals surface area contributed by atoms with Gasteiger partial charge in [0.05, 0.1) is 0 Å². The Morgan fingerprint density at radius 2 is 1.93 bits per heavy atom. The summed E-state index contributed by atoms with van der Waals surface area (Å²) in [5, 5.41) is 0. The summed E-state index contributed by atoms with van der Waals surface area (Å²) in [5.41, 5.74) is 3.43. The van der Waals surface area contributed by atoms with Crippen LogP contribution in [0.5, 0.6) is 0 Å². The summed E-state index contributed by atoms with van der Waals surface area (Å²) in [6, 6.07) is 6.03. The molecule has 0 radical (unpaired) electrons. The highest BCUT2D eigenvalue weighted by atomic mass is 16.2. The van der Waals surface area contributed by atoms with Crippen molar-refractivity contribution in [2.45, 2.75) is 32.2 Å². The highest BCUT2D eigenvalue weighted by Gasteiger charge is 2.26. The third-order valence-corrected chi connectivity index (χ3v) is 5.19. The maximum atomic E-state index is 13.0. The fourth-order valence-electron chi connectivity index (χ4n) is 3.60. The Balaban J connectivity index is 1.58. The molecule has 4 rings (SSSR count). The van der Waals surface area contributed by atoms with E-state index in [0.717, 1.165) is 36.1 Å². The normalized spacial score (nSPS) is 17.1. The largest absolute Gasteiger partial charge is 0.346 e. The van der Waals surface area contributed by atoms with Crippen LogP contribution >= 0.6 is 0 Å². The Kier molecular flexibility index (Phi) is 4.71. The average molecular weight is 361 g/mol. The summed E-state index contributed by atoms with van der Waals surface area (Å²) >= 11 is 0. The van der Waals surface area contributed by atoms with Gasteiger partial charge in [-0.1, -0.05) is 0 Å². The number of carbonyl (C=O) groups excluding carboxylic acids is 1. The number of hydrogen-bond donors (Lipinski definition) is 0. The fraction of sp³-hybridized carbons (Fsp3) is 0.333. The zero-order valence-corrected chi connectivity index (χ0v) is 15.7. The summed E-state index contributed by atoms with van der Waals surface area (Å²) in [6.07, 6.45) is 12.4. The van der Waals surface area contributed by atoms with E-state index < -0.39 is 0 Å². The molecule has 1 amide bonds. The standard InChI is InChI=1S/C21H23N5O/c1-15-6-3-4-9-26(15)21(27)19-10-17(14-25(19)2)18-12-23-20(24-13-18)16-7-5-8-22-11-16/h5,7-8,10-15H,3-4,6,9H2,1-2H3/t15-/m1/s1. The van der Waals surface area contributed by atoms with Crippen molar-refractivity contribution in [2.24, 2.45) is 7.05 Å². The number of pyridine rings is 1. The highest BCUT2D eigenvalue weighted by Crippen LogP contribution is 2.25. The van der Waals surface area contributed by atoms with Crippen molar-refractivity contribution >= 4 is 5.91 Å². The first-order valence-corrected chi connectivity index (χ1v) is 9.33. The molecule has 4 heterocycles. The number of likely N-dealkylation sites (tertiary alicyclic amines) is 1. The van der Waals surface area contributed by atoms with Crippen LogP contribution < -0.4 is 0 Å². The summed E-state index contributed by atoms with van der Waals surface area (Å²) in [7, 11) is 1.91. The summed E-state index contributed by atoms with van der Waals surface area (Å²) in [4.78, 5) is 28.0. The van der Waals surface area contributed by atoms with E-state index in [9.17, 15) is 4.79 Å². The number of hydrogen-bond acceptors (Lipinski definition) is 4. The molecule has 138 valence electrons. The van der Waals surface area contributed by atoms with E-state index in [-0.39, 0.29) is 5.91 Å². The van der Waals surface area contributed by atoms with Crippen LogP contribution in [0.25, 0.3) is 22.5 Å². The molecular formula is C21H23N5O. The molecule has 0 saturated carbocycles. The molecule has 6 heteroatoms. The number of carbonyl (C=O) groups is 1. The van der Waals surface area contributed by atoms with E-state index >= 15 is 0 Å². The molecule has 3 aromatic heterocycles. The van der Waals surface area contributed by atoms with Gasteiger partial charge in [-0.15, -0.1) is 0 Å². The number of piperidine rings is 1. The molecule has 1 atom stereocenters. The molecular weight excluding hydrogens is 338 g/mol. The Hall–Kier alpha value is -3.02. The summed E-state index contributed by atoms with van der Waals surface area (Å²) < 4.78 is 1.90. The van der Waals surface area contributed by atoms with Crippen LogP contribution in [-0.4, -0.2) is 42.9 Å². The highest BCUT2D eigenvalue weighted by molar-refractivity contribution is 5.94. The fourth-order valence-corrected chi connectivity index (χ4v) is 3.60. The van der Waals surface area contributed by atoms with Crippen LogP contribution in [0.1, 0.15) is 36.7 Å². The molecule has 1 aliphatic rings. The van der Waals surface area contributed by atoms with Crippen molar-refractivity contribution in [1.82, 2.24) is 24.4 Å². The van der Waals surface area contributed by atoms with Gasteiger partial charge in [0.15, 0.2) is 5.82 Å². The minimum Gasteiger partial charge on any atom is -0.346 e. The van der Waals surface area contributed by atoms with Crippen molar-refractivity contribution in [3.63, 3.8) is 0 Å². The summed E-state index contributed by atoms with van der Waals surface area (Å²) in [5.74, 6) is 0.741. The minimum absolute atomic E-state index is 0.101. The predicted octanol–water partition coefficient (Wildman–Crippen LogP) is 3.56. The minimum atomic E-state index is 0.101. The van der Waals surface area contributed by atoms with Crippen LogP contribution in [-0.2, 0) is 7.05 Å². The maximum Gasteiger partial charge on any atom is 0.270 e. The van der Waals surface area contributed by atoms with E-state index in [1.54, 1.807) is 24.8 Å². The van der Waals surface area contributed by atoms with Gasteiger partial charge in [-0.2, -0.15) is 0 Å². The number of rotatable bonds is 3. The molecule has 27 heavy (non-hydrogen) atoms. The molecule has 0 aromatic carbocycles. The lowest BCUT2D eigenvalue weighted by Gasteiger charge is -2.33. The first-order valence-electron chi connectivity index (χ1n) is 9.33. The maximum absolute atomic E-state index is 13.0.